The summed E-state index contributed by atoms with van der Waals surface area (Å²) in [6.07, 6.45) is 0. The van der Waals surface area contributed by atoms with Crippen molar-refractivity contribution in [2.75, 3.05) is 0 Å². The van der Waals surface area contributed by atoms with E-state index in [1.54, 1.807) is 11.7 Å². The third kappa shape index (κ3) is 1.40. The molecular weight excluding hydrogens is 212 g/mol. The average molecular weight is 224 g/mol. The second-order valence-corrected chi connectivity index (χ2v) is 3.99. The molecule has 0 aliphatic carbocycles. The molecule has 0 spiro atoms. The molecule has 1 heterocycles. The number of aromatic nitrogens is 2. The van der Waals surface area contributed by atoms with Crippen LogP contribution in [0.5, 0.6) is 0 Å². The van der Waals surface area contributed by atoms with Gasteiger partial charge in [-0.15, -0.1) is 0 Å². The lowest BCUT2D eigenvalue weighted by molar-refractivity contribution is 0.656. The Kier molecular flexibility index (Phi) is 2.11. The zero-order valence-electron chi connectivity index (χ0n) is 9.50. The molecule has 0 bridgehead atoms. The van der Waals surface area contributed by atoms with Gasteiger partial charge in [-0.25, -0.2) is 4.68 Å². The molecule has 0 N–H and O–H groups in total. The first-order valence-corrected chi connectivity index (χ1v) is 5.51. The Balaban J connectivity index is 2.45. The number of benzene rings is 2. The third-order valence-electron chi connectivity index (χ3n) is 2.96. The van der Waals surface area contributed by atoms with Gasteiger partial charge >= 0.3 is 0 Å². The normalized spacial score (nSPS) is 10.9. The minimum absolute atomic E-state index is 0.0319. The van der Waals surface area contributed by atoms with E-state index >= 15 is 0 Å². The number of rotatable bonds is 1. The smallest absolute Gasteiger partial charge is 0.267 e. The maximum absolute atomic E-state index is 12.1. The van der Waals surface area contributed by atoms with Crippen molar-refractivity contribution in [2.45, 2.75) is 0 Å². The van der Waals surface area contributed by atoms with Crippen molar-refractivity contribution in [2.24, 2.45) is 7.05 Å². The molecule has 17 heavy (non-hydrogen) atoms. The maximum atomic E-state index is 12.1. The molecule has 3 nitrogen and oxygen atoms in total. The second-order valence-electron chi connectivity index (χ2n) is 3.99. The van der Waals surface area contributed by atoms with Crippen LogP contribution in [-0.2, 0) is 7.05 Å². The summed E-state index contributed by atoms with van der Waals surface area (Å²) in [5, 5.41) is 0.749. The van der Waals surface area contributed by atoms with E-state index < -0.39 is 0 Å². The van der Waals surface area contributed by atoms with Gasteiger partial charge < -0.3 is 0 Å². The molecule has 0 fully saturated rings. The highest BCUT2D eigenvalue weighted by Gasteiger charge is 2.10. The second kappa shape index (κ2) is 3.63. The minimum atomic E-state index is 0.0319. The molecule has 0 saturated carbocycles. The standard InChI is InChI=1S/C14H12N2O/c1-15-14(17)12-9-5-6-10-13(12)16(15)11-7-3-2-4-8-11/h2-10H,1H3. The Morgan fingerprint density at radius 1 is 0.882 bits per heavy atom. The van der Waals surface area contributed by atoms with Crippen molar-refractivity contribution < 1.29 is 0 Å². The van der Waals surface area contributed by atoms with E-state index in [-0.39, 0.29) is 5.56 Å². The summed E-state index contributed by atoms with van der Waals surface area (Å²) in [5.74, 6) is 0. The van der Waals surface area contributed by atoms with Crippen LogP contribution in [-0.4, -0.2) is 9.36 Å². The van der Waals surface area contributed by atoms with Crippen LogP contribution in [0.25, 0.3) is 16.6 Å². The van der Waals surface area contributed by atoms with Gasteiger partial charge in [0.15, 0.2) is 0 Å². The van der Waals surface area contributed by atoms with E-state index in [1.165, 1.54) is 0 Å². The number of hydrogen-bond acceptors (Lipinski definition) is 1. The van der Waals surface area contributed by atoms with E-state index in [0.29, 0.717) is 0 Å². The molecule has 2 aromatic carbocycles. The van der Waals surface area contributed by atoms with Crippen LogP contribution in [0.2, 0.25) is 0 Å². The predicted octanol–water partition coefficient (Wildman–Crippen LogP) is 2.33. The van der Waals surface area contributed by atoms with Gasteiger partial charge in [-0.05, 0) is 24.3 Å². The fourth-order valence-electron chi connectivity index (χ4n) is 2.15. The van der Waals surface area contributed by atoms with Crippen LogP contribution >= 0.6 is 0 Å². The maximum Gasteiger partial charge on any atom is 0.274 e. The van der Waals surface area contributed by atoms with Crippen molar-refractivity contribution in [3.8, 4) is 5.69 Å². The SMILES string of the molecule is Cn1c(=O)c2ccccc2n1-c1ccccc1. The number of hydrogen-bond donors (Lipinski definition) is 0. The van der Waals surface area contributed by atoms with Crippen molar-refractivity contribution in [1.82, 2.24) is 9.36 Å². The van der Waals surface area contributed by atoms with Crippen molar-refractivity contribution in [3.63, 3.8) is 0 Å². The van der Waals surface area contributed by atoms with Crippen LogP contribution in [0.4, 0.5) is 0 Å². The van der Waals surface area contributed by atoms with Crippen LogP contribution in [0.3, 0.4) is 0 Å². The van der Waals surface area contributed by atoms with E-state index in [9.17, 15) is 4.79 Å². The summed E-state index contributed by atoms with van der Waals surface area (Å²) >= 11 is 0. The molecule has 3 heteroatoms. The van der Waals surface area contributed by atoms with Gasteiger partial charge in [0.2, 0.25) is 0 Å². The van der Waals surface area contributed by atoms with Gasteiger partial charge in [0.25, 0.3) is 5.56 Å². The topological polar surface area (TPSA) is 26.9 Å². The Morgan fingerprint density at radius 3 is 2.29 bits per heavy atom. The molecule has 1 aromatic heterocycles. The third-order valence-corrected chi connectivity index (χ3v) is 2.96. The van der Waals surface area contributed by atoms with E-state index in [2.05, 4.69) is 0 Å². The van der Waals surface area contributed by atoms with E-state index in [1.807, 2.05) is 59.3 Å². The molecule has 0 aliphatic heterocycles. The quantitative estimate of drug-likeness (QED) is 0.623. The number of fused-ring (bicyclic) bond motifs is 1. The van der Waals surface area contributed by atoms with E-state index in [4.69, 9.17) is 0 Å². The lowest BCUT2D eigenvalue weighted by Gasteiger charge is -2.08. The molecule has 3 rings (SSSR count). The molecule has 0 unspecified atom stereocenters. The molecule has 84 valence electrons. The molecule has 0 atom stereocenters. The molecule has 0 amide bonds. The highest BCUT2D eigenvalue weighted by atomic mass is 16.1. The average Bonchev–Trinajstić information content (AvgIpc) is 2.64. The zero-order valence-corrected chi connectivity index (χ0v) is 9.50. The van der Waals surface area contributed by atoms with Gasteiger partial charge in [-0.3, -0.25) is 9.48 Å². The lowest BCUT2D eigenvalue weighted by atomic mass is 10.2. The fraction of sp³-hybridized carbons (Fsp3) is 0.0714. The zero-order chi connectivity index (χ0) is 11.8. The van der Waals surface area contributed by atoms with Crippen LogP contribution in [0, 0.1) is 0 Å². The first-order chi connectivity index (χ1) is 8.29. The Hall–Kier alpha value is -2.29. The van der Waals surface area contributed by atoms with Crippen molar-refractivity contribution >= 4 is 10.9 Å². The van der Waals surface area contributed by atoms with Crippen molar-refractivity contribution in [3.05, 3.63) is 65.0 Å². The van der Waals surface area contributed by atoms with Crippen molar-refractivity contribution in [1.29, 1.82) is 0 Å². The van der Waals surface area contributed by atoms with Gasteiger partial charge in [0.05, 0.1) is 16.6 Å². The summed E-state index contributed by atoms with van der Waals surface area (Å²) < 4.78 is 3.57. The van der Waals surface area contributed by atoms with Crippen LogP contribution in [0.1, 0.15) is 0 Å². The lowest BCUT2D eigenvalue weighted by Crippen LogP contribution is -2.17. The summed E-state index contributed by atoms with van der Waals surface area (Å²) in [4.78, 5) is 12.1. The van der Waals surface area contributed by atoms with E-state index in [0.717, 1.165) is 16.6 Å². The van der Waals surface area contributed by atoms with Gasteiger partial charge in [-0.2, -0.15) is 0 Å². The van der Waals surface area contributed by atoms with Gasteiger partial charge in [-0.1, -0.05) is 30.3 Å². The number of para-hydroxylation sites is 2. The summed E-state index contributed by atoms with van der Waals surface area (Å²) in [6.45, 7) is 0. The van der Waals surface area contributed by atoms with Crippen LogP contribution in [0.15, 0.2) is 59.4 Å². The summed E-state index contributed by atoms with van der Waals surface area (Å²) in [5.41, 5.74) is 1.96. The fourth-order valence-corrected chi connectivity index (χ4v) is 2.15. The van der Waals surface area contributed by atoms with Crippen LogP contribution < -0.4 is 5.56 Å². The Morgan fingerprint density at radius 2 is 1.53 bits per heavy atom. The molecule has 0 aliphatic rings. The molecule has 0 saturated heterocycles. The molecular formula is C14H12N2O. The number of nitrogens with zero attached hydrogens (tertiary/aromatic N) is 2. The Labute approximate surface area is 98.5 Å². The highest BCUT2D eigenvalue weighted by molar-refractivity contribution is 5.80. The minimum Gasteiger partial charge on any atom is -0.267 e. The summed E-state index contributed by atoms with van der Waals surface area (Å²) in [6, 6.07) is 17.5. The highest BCUT2D eigenvalue weighted by Crippen LogP contribution is 2.15. The monoisotopic (exact) mass is 224 g/mol. The molecule has 0 radical (unpaired) electrons. The van der Waals surface area contributed by atoms with Gasteiger partial charge in [0, 0.05) is 7.05 Å². The van der Waals surface area contributed by atoms with Gasteiger partial charge in [0.1, 0.15) is 0 Å². The molecule has 3 aromatic rings. The first-order valence-electron chi connectivity index (χ1n) is 5.51. The first kappa shape index (κ1) is 9.90. The Bertz CT molecular complexity index is 723. The summed E-state index contributed by atoms with van der Waals surface area (Å²) in [7, 11) is 1.79. The predicted molar refractivity (Wildman–Crippen MR) is 68.5 cm³/mol. The largest absolute Gasteiger partial charge is 0.274 e.